The van der Waals surface area contributed by atoms with Gasteiger partial charge in [-0.2, -0.15) is 0 Å². The summed E-state index contributed by atoms with van der Waals surface area (Å²) < 4.78 is 0. The number of nitrogens with zero attached hydrogens (tertiary/aromatic N) is 1. The molecule has 0 aromatic heterocycles. The molecule has 0 aliphatic heterocycles. The number of carbonyl (C=O) groups is 2. The molecule has 0 heterocycles. The highest BCUT2D eigenvalue weighted by atomic mass is 16.4. The van der Waals surface area contributed by atoms with Gasteiger partial charge < -0.3 is 15.4 Å². The normalized spacial score (nSPS) is 11.2. The van der Waals surface area contributed by atoms with Crippen molar-refractivity contribution in [2.45, 2.75) is 13.5 Å². The summed E-state index contributed by atoms with van der Waals surface area (Å²) in [5.41, 5.74) is 1.80. The van der Waals surface area contributed by atoms with Gasteiger partial charge in [-0.1, -0.05) is 24.8 Å². The highest BCUT2D eigenvalue weighted by molar-refractivity contribution is 5.88. The lowest BCUT2D eigenvalue weighted by Gasteiger charge is -2.14. The summed E-state index contributed by atoms with van der Waals surface area (Å²) in [4.78, 5) is 21.9. The zero-order chi connectivity index (χ0) is 17.7. The average molecular weight is 325 g/mol. The van der Waals surface area contributed by atoms with Crippen LogP contribution in [0.4, 0.5) is 5.69 Å². The SMILES string of the molecule is C=c1cc(NC(C)=O)cc/c1=C/N(N)Cc1ccc(C(=O)O)cc1. The number of hydrazine groups is 1. The summed E-state index contributed by atoms with van der Waals surface area (Å²) in [6, 6.07) is 11.9. The second-order valence-electron chi connectivity index (χ2n) is 5.40. The van der Waals surface area contributed by atoms with Gasteiger partial charge in [0.25, 0.3) is 0 Å². The predicted octanol–water partition coefficient (Wildman–Crippen LogP) is 0.867. The van der Waals surface area contributed by atoms with E-state index in [-0.39, 0.29) is 11.5 Å². The summed E-state index contributed by atoms with van der Waals surface area (Å²) in [7, 11) is 0. The molecule has 0 saturated carbocycles. The number of benzene rings is 2. The molecule has 124 valence electrons. The van der Waals surface area contributed by atoms with Crippen LogP contribution in [0.1, 0.15) is 22.8 Å². The Morgan fingerprint density at radius 2 is 1.92 bits per heavy atom. The van der Waals surface area contributed by atoms with Crippen LogP contribution in [-0.4, -0.2) is 22.0 Å². The molecule has 2 aromatic rings. The van der Waals surface area contributed by atoms with Gasteiger partial charge in [-0.25, -0.2) is 10.6 Å². The molecule has 0 atom stereocenters. The molecule has 0 saturated heterocycles. The maximum absolute atomic E-state index is 11.1. The first-order chi connectivity index (χ1) is 11.3. The van der Waals surface area contributed by atoms with Crippen molar-refractivity contribution >= 4 is 30.3 Å². The van der Waals surface area contributed by atoms with Gasteiger partial charge in [0.15, 0.2) is 0 Å². The number of nitrogens with one attached hydrogen (secondary N) is 1. The van der Waals surface area contributed by atoms with Crippen molar-refractivity contribution in [1.82, 2.24) is 5.01 Å². The minimum absolute atomic E-state index is 0.142. The number of aromatic carboxylic acids is 1. The Morgan fingerprint density at radius 1 is 1.25 bits per heavy atom. The van der Waals surface area contributed by atoms with E-state index in [1.807, 2.05) is 6.07 Å². The quantitative estimate of drug-likeness (QED) is 0.560. The van der Waals surface area contributed by atoms with E-state index in [4.69, 9.17) is 10.9 Å². The number of hydrogen-bond acceptors (Lipinski definition) is 4. The molecule has 0 spiro atoms. The van der Waals surface area contributed by atoms with E-state index in [1.165, 1.54) is 11.9 Å². The van der Waals surface area contributed by atoms with Gasteiger partial charge in [0.1, 0.15) is 0 Å². The largest absolute Gasteiger partial charge is 0.478 e. The lowest BCUT2D eigenvalue weighted by Crippen LogP contribution is -2.32. The summed E-state index contributed by atoms with van der Waals surface area (Å²) >= 11 is 0. The Hall–Kier alpha value is -3.12. The van der Waals surface area contributed by atoms with Crippen LogP contribution in [0.25, 0.3) is 12.8 Å². The van der Waals surface area contributed by atoms with Crippen LogP contribution in [0.5, 0.6) is 0 Å². The van der Waals surface area contributed by atoms with Crippen LogP contribution in [0.2, 0.25) is 0 Å². The van der Waals surface area contributed by atoms with E-state index in [9.17, 15) is 9.59 Å². The van der Waals surface area contributed by atoms with Crippen molar-refractivity contribution < 1.29 is 14.7 Å². The van der Waals surface area contributed by atoms with E-state index >= 15 is 0 Å². The van der Waals surface area contributed by atoms with Gasteiger partial charge in [-0.3, -0.25) is 4.79 Å². The molecule has 0 aliphatic carbocycles. The molecular weight excluding hydrogens is 306 g/mol. The topological polar surface area (TPSA) is 95.7 Å². The lowest BCUT2D eigenvalue weighted by atomic mass is 10.1. The number of carboxylic acids is 1. The van der Waals surface area contributed by atoms with E-state index < -0.39 is 5.97 Å². The molecule has 2 rings (SSSR count). The molecule has 2 aromatic carbocycles. The molecule has 24 heavy (non-hydrogen) atoms. The summed E-state index contributed by atoms with van der Waals surface area (Å²) in [5, 5.41) is 14.6. The Bertz CT molecular complexity index is 860. The Morgan fingerprint density at radius 3 is 2.46 bits per heavy atom. The third-order valence-electron chi connectivity index (χ3n) is 3.33. The predicted molar refractivity (Wildman–Crippen MR) is 93.1 cm³/mol. The van der Waals surface area contributed by atoms with Crippen LogP contribution < -0.4 is 21.6 Å². The fraction of sp³-hybridized carbons (Fsp3) is 0.111. The number of nitrogens with two attached hydrogens (primary N) is 1. The molecule has 0 unspecified atom stereocenters. The monoisotopic (exact) mass is 325 g/mol. The Labute approximate surface area is 139 Å². The van der Waals surface area contributed by atoms with Crippen molar-refractivity contribution in [3.63, 3.8) is 0 Å². The highest BCUT2D eigenvalue weighted by Gasteiger charge is 2.03. The maximum Gasteiger partial charge on any atom is 0.335 e. The van der Waals surface area contributed by atoms with Crippen molar-refractivity contribution in [3.8, 4) is 0 Å². The summed E-state index contributed by atoms with van der Waals surface area (Å²) in [6.45, 7) is 5.82. The molecule has 0 bridgehead atoms. The lowest BCUT2D eigenvalue weighted by molar-refractivity contribution is -0.114. The smallest absolute Gasteiger partial charge is 0.335 e. The zero-order valence-electron chi connectivity index (χ0n) is 13.3. The van der Waals surface area contributed by atoms with E-state index in [1.54, 1.807) is 42.6 Å². The van der Waals surface area contributed by atoms with Crippen molar-refractivity contribution in [1.29, 1.82) is 0 Å². The van der Waals surface area contributed by atoms with Crippen molar-refractivity contribution in [2.24, 2.45) is 5.84 Å². The number of anilines is 1. The van der Waals surface area contributed by atoms with Gasteiger partial charge in [0.05, 0.1) is 12.1 Å². The van der Waals surface area contributed by atoms with Gasteiger partial charge >= 0.3 is 5.97 Å². The first kappa shape index (κ1) is 17.2. The average Bonchev–Trinajstić information content (AvgIpc) is 2.50. The van der Waals surface area contributed by atoms with Gasteiger partial charge in [0, 0.05) is 18.8 Å². The van der Waals surface area contributed by atoms with Crippen LogP contribution in [-0.2, 0) is 11.3 Å². The zero-order valence-corrected chi connectivity index (χ0v) is 13.3. The minimum Gasteiger partial charge on any atom is -0.478 e. The number of hydrogen-bond donors (Lipinski definition) is 3. The van der Waals surface area contributed by atoms with Crippen LogP contribution >= 0.6 is 0 Å². The number of rotatable bonds is 5. The molecule has 0 fully saturated rings. The second-order valence-corrected chi connectivity index (χ2v) is 5.40. The van der Waals surface area contributed by atoms with Gasteiger partial charge in [0.2, 0.25) is 5.91 Å². The Kier molecular flexibility index (Phi) is 5.34. The first-order valence-corrected chi connectivity index (χ1v) is 7.27. The third kappa shape index (κ3) is 4.69. The van der Waals surface area contributed by atoms with E-state index in [0.717, 1.165) is 16.0 Å². The van der Waals surface area contributed by atoms with Gasteiger partial charge in [-0.05, 0) is 40.3 Å². The van der Waals surface area contributed by atoms with E-state index in [0.29, 0.717) is 12.2 Å². The number of carbonyl (C=O) groups excluding carboxylic acids is 1. The molecular formula is C18H19N3O3. The third-order valence-corrected chi connectivity index (χ3v) is 3.33. The van der Waals surface area contributed by atoms with Crippen molar-refractivity contribution in [2.75, 3.05) is 5.32 Å². The molecule has 6 nitrogen and oxygen atoms in total. The first-order valence-electron chi connectivity index (χ1n) is 7.27. The molecule has 1 amide bonds. The minimum atomic E-state index is -0.960. The molecule has 4 N–H and O–H groups in total. The van der Waals surface area contributed by atoms with Crippen LogP contribution in [0.3, 0.4) is 0 Å². The van der Waals surface area contributed by atoms with Crippen LogP contribution in [0, 0.1) is 0 Å². The maximum atomic E-state index is 11.1. The number of carboxylic acid groups (broad SMARTS) is 1. The number of amides is 1. The Balaban J connectivity index is 2.14. The second kappa shape index (κ2) is 7.43. The molecule has 6 heteroatoms. The fourth-order valence-electron chi connectivity index (χ4n) is 2.20. The van der Waals surface area contributed by atoms with Crippen molar-refractivity contribution in [3.05, 3.63) is 64.0 Å². The van der Waals surface area contributed by atoms with E-state index in [2.05, 4.69) is 11.9 Å². The fourth-order valence-corrected chi connectivity index (χ4v) is 2.20. The summed E-state index contributed by atoms with van der Waals surface area (Å²) in [6.07, 6.45) is 1.74. The highest BCUT2D eigenvalue weighted by Crippen LogP contribution is 2.06. The molecule has 0 aliphatic rings. The standard InChI is InChI=1S/C18H19N3O3/c1-12-9-17(20-13(2)22)8-7-16(12)11-21(19)10-14-3-5-15(6-4-14)18(23)24/h3-9,11H,1,10,19H2,2H3,(H,20,22)(H,23,24)/b16-11-. The summed E-state index contributed by atoms with van der Waals surface area (Å²) in [5.74, 6) is 4.89. The van der Waals surface area contributed by atoms with Crippen LogP contribution in [0.15, 0.2) is 42.5 Å². The molecule has 0 radical (unpaired) electrons. The van der Waals surface area contributed by atoms with Gasteiger partial charge in [-0.15, -0.1) is 0 Å².